The maximum atomic E-state index is 12.3. The normalized spacial score (nSPS) is 22.3. The predicted octanol–water partition coefficient (Wildman–Crippen LogP) is 3.75. The van der Waals surface area contributed by atoms with Crippen LogP contribution in [0.3, 0.4) is 0 Å². The number of hydrogen-bond donors (Lipinski definition) is 1. The van der Waals surface area contributed by atoms with Gasteiger partial charge in [-0.15, -0.1) is 0 Å². The predicted molar refractivity (Wildman–Crippen MR) is 83.1 cm³/mol. The average molecular weight is 391 g/mol. The SMILES string of the molecule is COc1cc(Br)ccc1C(=O)NC1CCCC1CBr. The van der Waals surface area contributed by atoms with E-state index >= 15 is 0 Å². The van der Waals surface area contributed by atoms with Crippen molar-refractivity contribution in [2.75, 3.05) is 12.4 Å². The Morgan fingerprint density at radius 1 is 1.47 bits per heavy atom. The number of benzene rings is 1. The Morgan fingerprint density at radius 2 is 2.26 bits per heavy atom. The van der Waals surface area contributed by atoms with E-state index in [1.807, 2.05) is 12.1 Å². The highest BCUT2D eigenvalue weighted by Crippen LogP contribution is 2.28. The zero-order valence-electron chi connectivity index (χ0n) is 10.8. The van der Waals surface area contributed by atoms with Crippen molar-refractivity contribution < 1.29 is 9.53 Å². The summed E-state index contributed by atoms with van der Waals surface area (Å²) < 4.78 is 6.17. The van der Waals surface area contributed by atoms with Crippen LogP contribution < -0.4 is 10.1 Å². The highest BCUT2D eigenvalue weighted by molar-refractivity contribution is 9.10. The molecule has 0 heterocycles. The summed E-state index contributed by atoms with van der Waals surface area (Å²) in [5, 5.41) is 4.07. The molecule has 19 heavy (non-hydrogen) atoms. The summed E-state index contributed by atoms with van der Waals surface area (Å²) >= 11 is 6.90. The molecule has 0 aliphatic heterocycles. The van der Waals surface area contributed by atoms with Crippen LogP contribution in [0.5, 0.6) is 5.75 Å². The molecule has 1 aliphatic carbocycles. The minimum Gasteiger partial charge on any atom is -0.496 e. The summed E-state index contributed by atoms with van der Waals surface area (Å²) in [4.78, 5) is 12.3. The molecular formula is C14H17Br2NO2. The van der Waals surface area contributed by atoms with Crippen LogP contribution in [0.25, 0.3) is 0 Å². The Balaban J connectivity index is 2.11. The van der Waals surface area contributed by atoms with Crippen molar-refractivity contribution in [2.24, 2.45) is 5.92 Å². The summed E-state index contributed by atoms with van der Waals surface area (Å²) in [5.41, 5.74) is 0.589. The molecule has 0 saturated heterocycles. The van der Waals surface area contributed by atoms with Crippen molar-refractivity contribution in [1.29, 1.82) is 0 Å². The van der Waals surface area contributed by atoms with Gasteiger partial charge in [0.1, 0.15) is 5.75 Å². The van der Waals surface area contributed by atoms with Crippen LogP contribution in [0.1, 0.15) is 29.6 Å². The molecule has 1 amide bonds. The molecule has 1 N–H and O–H groups in total. The third-order valence-electron chi connectivity index (χ3n) is 3.58. The maximum absolute atomic E-state index is 12.3. The first-order valence-corrected chi connectivity index (χ1v) is 8.27. The number of hydrogen-bond acceptors (Lipinski definition) is 2. The Labute approximate surface area is 130 Å². The van der Waals surface area contributed by atoms with E-state index in [1.165, 1.54) is 12.8 Å². The minimum absolute atomic E-state index is 0.0535. The van der Waals surface area contributed by atoms with E-state index in [0.29, 0.717) is 17.2 Å². The van der Waals surface area contributed by atoms with Crippen LogP contribution in [-0.2, 0) is 0 Å². The molecule has 104 valence electrons. The Bertz CT molecular complexity index is 465. The number of carbonyl (C=O) groups is 1. The van der Waals surface area contributed by atoms with Crippen molar-refractivity contribution in [1.82, 2.24) is 5.32 Å². The molecule has 2 unspecified atom stereocenters. The van der Waals surface area contributed by atoms with Gasteiger partial charge < -0.3 is 10.1 Å². The van der Waals surface area contributed by atoms with Gasteiger partial charge in [-0.05, 0) is 37.0 Å². The quantitative estimate of drug-likeness (QED) is 0.795. The van der Waals surface area contributed by atoms with Gasteiger partial charge in [0, 0.05) is 15.8 Å². The van der Waals surface area contributed by atoms with Crippen LogP contribution in [-0.4, -0.2) is 24.4 Å². The second-order valence-electron chi connectivity index (χ2n) is 4.77. The highest BCUT2D eigenvalue weighted by Gasteiger charge is 2.28. The van der Waals surface area contributed by atoms with Gasteiger partial charge in [-0.2, -0.15) is 0 Å². The smallest absolute Gasteiger partial charge is 0.255 e. The first kappa shape index (κ1) is 14.9. The average Bonchev–Trinajstić information content (AvgIpc) is 2.85. The molecular weight excluding hydrogens is 374 g/mol. The van der Waals surface area contributed by atoms with Crippen molar-refractivity contribution in [3.8, 4) is 5.75 Å². The van der Waals surface area contributed by atoms with E-state index in [2.05, 4.69) is 37.2 Å². The molecule has 1 fully saturated rings. The molecule has 1 aromatic rings. The fourth-order valence-corrected chi connectivity index (χ4v) is 3.63. The Morgan fingerprint density at radius 3 is 2.95 bits per heavy atom. The molecule has 0 aromatic heterocycles. The van der Waals surface area contributed by atoms with Crippen LogP contribution in [0.2, 0.25) is 0 Å². The standard InChI is InChI=1S/C14H17Br2NO2/c1-19-13-7-10(16)5-6-11(13)14(18)17-12-4-2-3-9(12)8-15/h5-7,9,12H,2-4,8H2,1H3,(H,17,18). The molecule has 5 heteroatoms. The lowest BCUT2D eigenvalue weighted by molar-refractivity contribution is 0.0927. The number of alkyl halides is 1. The van der Waals surface area contributed by atoms with Gasteiger partial charge in [0.2, 0.25) is 0 Å². The van der Waals surface area contributed by atoms with Crippen LogP contribution in [0, 0.1) is 5.92 Å². The number of rotatable bonds is 4. The van der Waals surface area contributed by atoms with Gasteiger partial charge in [-0.3, -0.25) is 4.79 Å². The lowest BCUT2D eigenvalue weighted by Gasteiger charge is -2.19. The topological polar surface area (TPSA) is 38.3 Å². The number of methoxy groups -OCH3 is 1. The third-order valence-corrected chi connectivity index (χ3v) is 4.91. The van der Waals surface area contributed by atoms with Crippen molar-refractivity contribution >= 4 is 37.8 Å². The molecule has 0 spiro atoms. The number of halogens is 2. The largest absolute Gasteiger partial charge is 0.496 e. The summed E-state index contributed by atoms with van der Waals surface area (Å²) in [6, 6.07) is 5.72. The fraction of sp³-hybridized carbons (Fsp3) is 0.500. The van der Waals surface area contributed by atoms with Crippen molar-refractivity contribution in [3.63, 3.8) is 0 Å². The fourth-order valence-electron chi connectivity index (χ4n) is 2.51. The van der Waals surface area contributed by atoms with E-state index < -0.39 is 0 Å². The second kappa shape index (κ2) is 6.75. The van der Waals surface area contributed by atoms with Crippen molar-refractivity contribution in [3.05, 3.63) is 28.2 Å². The highest BCUT2D eigenvalue weighted by atomic mass is 79.9. The molecule has 3 nitrogen and oxygen atoms in total. The number of ether oxygens (including phenoxy) is 1. The van der Waals surface area contributed by atoms with Gasteiger partial charge in [-0.25, -0.2) is 0 Å². The van der Waals surface area contributed by atoms with Gasteiger partial charge in [0.05, 0.1) is 12.7 Å². The number of carbonyl (C=O) groups excluding carboxylic acids is 1. The van der Waals surface area contributed by atoms with Crippen LogP contribution in [0.15, 0.2) is 22.7 Å². The van der Waals surface area contributed by atoms with Gasteiger partial charge in [-0.1, -0.05) is 38.3 Å². The van der Waals surface area contributed by atoms with E-state index in [9.17, 15) is 4.79 Å². The monoisotopic (exact) mass is 389 g/mol. The molecule has 2 atom stereocenters. The number of nitrogens with one attached hydrogen (secondary N) is 1. The van der Waals surface area contributed by atoms with Gasteiger partial charge in [0.15, 0.2) is 0 Å². The molecule has 0 bridgehead atoms. The Hall–Kier alpha value is -0.550. The summed E-state index contributed by atoms with van der Waals surface area (Å²) in [5.74, 6) is 1.08. The summed E-state index contributed by atoms with van der Waals surface area (Å²) in [6.07, 6.45) is 3.41. The van der Waals surface area contributed by atoms with Crippen LogP contribution >= 0.6 is 31.9 Å². The van der Waals surface area contributed by atoms with Gasteiger partial charge in [0.25, 0.3) is 5.91 Å². The molecule has 0 radical (unpaired) electrons. The molecule has 1 aliphatic rings. The Kier molecular flexibility index (Phi) is 5.28. The zero-order chi connectivity index (χ0) is 13.8. The first-order valence-electron chi connectivity index (χ1n) is 6.36. The summed E-state index contributed by atoms with van der Waals surface area (Å²) in [7, 11) is 1.58. The van der Waals surface area contributed by atoms with E-state index in [-0.39, 0.29) is 11.9 Å². The van der Waals surface area contributed by atoms with Crippen molar-refractivity contribution in [2.45, 2.75) is 25.3 Å². The lowest BCUT2D eigenvalue weighted by atomic mass is 10.1. The second-order valence-corrected chi connectivity index (χ2v) is 6.33. The third kappa shape index (κ3) is 3.51. The minimum atomic E-state index is -0.0535. The lowest BCUT2D eigenvalue weighted by Crippen LogP contribution is -2.38. The molecule has 1 aromatic carbocycles. The maximum Gasteiger partial charge on any atom is 0.255 e. The summed E-state index contributed by atoms with van der Waals surface area (Å²) in [6.45, 7) is 0. The van der Waals surface area contributed by atoms with E-state index in [0.717, 1.165) is 16.2 Å². The first-order chi connectivity index (χ1) is 9.15. The molecule has 2 rings (SSSR count). The van der Waals surface area contributed by atoms with E-state index in [4.69, 9.17) is 4.74 Å². The van der Waals surface area contributed by atoms with E-state index in [1.54, 1.807) is 13.2 Å². The van der Waals surface area contributed by atoms with Gasteiger partial charge >= 0.3 is 0 Å². The zero-order valence-corrected chi connectivity index (χ0v) is 14.0. The molecule has 1 saturated carbocycles. The van der Waals surface area contributed by atoms with Crippen LogP contribution in [0.4, 0.5) is 0 Å². The number of amides is 1.